The van der Waals surface area contributed by atoms with Crippen LogP contribution >= 0.6 is 0 Å². The minimum absolute atomic E-state index is 0.0627. The van der Waals surface area contributed by atoms with E-state index in [9.17, 15) is 19.2 Å². The number of urea groups is 1. The topological polar surface area (TPSA) is 115 Å². The predicted molar refractivity (Wildman–Crippen MR) is 217 cm³/mol. The van der Waals surface area contributed by atoms with Crippen molar-refractivity contribution < 1.29 is 23.9 Å². The van der Waals surface area contributed by atoms with Gasteiger partial charge in [0.25, 0.3) is 0 Å². The van der Waals surface area contributed by atoms with E-state index in [1.807, 2.05) is 79.7 Å². The first-order chi connectivity index (χ1) is 27.2. The summed E-state index contributed by atoms with van der Waals surface area (Å²) in [5.74, 6) is -0.255. The molecule has 1 N–H and O–H groups in total. The van der Waals surface area contributed by atoms with E-state index in [0.717, 1.165) is 46.9 Å². The normalized spacial score (nSPS) is 18.6. The second-order valence-electron chi connectivity index (χ2n) is 15.1. The third-order valence-corrected chi connectivity index (χ3v) is 11.0. The summed E-state index contributed by atoms with van der Waals surface area (Å²) in [7, 11) is 1.73. The van der Waals surface area contributed by atoms with Crippen LogP contribution in [0.1, 0.15) is 94.7 Å². The number of amides is 4. The van der Waals surface area contributed by atoms with E-state index in [1.54, 1.807) is 45.2 Å². The van der Waals surface area contributed by atoms with E-state index in [-0.39, 0.29) is 43.3 Å². The Kier molecular flexibility index (Phi) is 14.1. The van der Waals surface area contributed by atoms with Crippen molar-refractivity contribution >= 4 is 34.7 Å². The Labute approximate surface area is 331 Å². The fraction of sp³-hybridized carbons (Fsp3) is 0.444. The molecule has 3 atom stereocenters. The Hall–Kier alpha value is -5.29. The summed E-state index contributed by atoms with van der Waals surface area (Å²) < 4.78 is 5.65. The summed E-state index contributed by atoms with van der Waals surface area (Å²) in [4.78, 5) is 63.4. The maximum Gasteiger partial charge on any atom is 0.334 e. The quantitative estimate of drug-likeness (QED) is 0.0669. The first-order valence-corrected chi connectivity index (χ1v) is 20.3. The van der Waals surface area contributed by atoms with Crippen LogP contribution < -0.4 is 10.1 Å². The van der Waals surface area contributed by atoms with Gasteiger partial charge in [0.1, 0.15) is 18.0 Å². The van der Waals surface area contributed by atoms with Gasteiger partial charge < -0.3 is 19.9 Å². The lowest BCUT2D eigenvalue weighted by molar-refractivity contribution is -0.196. The molecule has 11 nitrogen and oxygen atoms in total. The highest BCUT2D eigenvalue weighted by molar-refractivity contribution is 5.92. The molecular formula is C45H56N6O5. The zero-order valence-corrected chi connectivity index (χ0v) is 33.1. The molecule has 0 aliphatic carbocycles. The first kappa shape index (κ1) is 40.4. The Morgan fingerprint density at radius 2 is 1.52 bits per heavy atom. The molecule has 3 aromatic carbocycles. The number of likely N-dealkylation sites (N-methyl/N-ethyl adjacent to an activating group) is 1. The Balaban J connectivity index is 1.18. The second kappa shape index (κ2) is 19.5. The number of hydrogen-bond acceptors (Lipinski definition) is 7. The number of rotatable bonds is 17. The van der Waals surface area contributed by atoms with E-state index < -0.39 is 18.2 Å². The zero-order chi connectivity index (χ0) is 39.4. The first-order valence-electron chi connectivity index (χ1n) is 20.3. The van der Waals surface area contributed by atoms with E-state index in [0.29, 0.717) is 18.7 Å². The maximum absolute atomic E-state index is 14.7. The lowest BCUT2D eigenvalue weighted by Crippen LogP contribution is -2.78. The van der Waals surface area contributed by atoms with Gasteiger partial charge in [-0.05, 0) is 48.2 Å². The van der Waals surface area contributed by atoms with Gasteiger partial charge in [-0.1, -0.05) is 125 Å². The molecule has 296 valence electrons. The maximum atomic E-state index is 14.7. The van der Waals surface area contributed by atoms with Crippen LogP contribution in [0.3, 0.4) is 0 Å². The van der Waals surface area contributed by atoms with Crippen molar-refractivity contribution in [3.8, 4) is 5.75 Å². The second-order valence-corrected chi connectivity index (χ2v) is 15.1. The molecule has 0 bridgehead atoms. The van der Waals surface area contributed by atoms with Gasteiger partial charge in [0.2, 0.25) is 11.8 Å². The molecular weight excluding hydrogens is 705 g/mol. The molecule has 0 radical (unpaired) electrons. The standard InChI is InChI=1S/C45H56N6O5/c1-4-5-6-7-8-9-10-11-15-23-41(53)56-38-26-24-34(25-27-38)29-39-44(54)49(31-37-21-16-20-36-22-17-28-46-42(36)37)33(2)43-50(39)40(52)32-48(3)51(43)45(55)47-30-35-18-13-12-14-19-35/h12-14,16-22,24-28,33,39,43H,4-11,15,23,29-32H2,1-3H3,(H,47,55)/t33-,39-,43?/m0/s1. The zero-order valence-electron chi connectivity index (χ0n) is 33.1. The van der Waals surface area contributed by atoms with Crippen LogP contribution in [-0.2, 0) is 33.9 Å². The fourth-order valence-corrected chi connectivity index (χ4v) is 7.98. The number of piperazine rings is 1. The van der Waals surface area contributed by atoms with Crippen molar-refractivity contribution in [1.29, 1.82) is 0 Å². The highest BCUT2D eigenvalue weighted by atomic mass is 16.5. The monoisotopic (exact) mass is 760 g/mol. The van der Waals surface area contributed by atoms with Crippen molar-refractivity contribution in [2.24, 2.45) is 0 Å². The van der Waals surface area contributed by atoms with Crippen molar-refractivity contribution in [2.45, 2.75) is 116 Å². The molecule has 4 aromatic rings. The van der Waals surface area contributed by atoms with Crippen LogP contribution in [0, 0.1) is 0 Å². The summed E-state index contributed by atoms with van der Waals surface area (Å²) in [6.45, 7) is 4.62. The van der Waals surface area contributed by atoms with Gasteiger partial charge in [0, 0.05) is 44.6 Å². The molecule has 2 aliphatic rings. The van der Waals surface area contributed by atoms with Gasteiger partial charge in [-0.3, -0.25) is 19.4 Å². The summed E-state index contributed by atoms with van der Waals surface area (Å²) in [5, 5.41) is 7.22. The van der Waals surface area contributed by atoms with Gasteiger partial charge in [0.15, 0.2) is 0 Å². The van der Waals surface area contributed by atoms with Crippen molar-refractivity contribution in [3.63, 3.8) is 0 Å². The largest absolute Gasteiger partial charge is 0.427 e. The van der Waals surface area contributed by atoms with Crippen LogP contribution in [0.4, 0.5) is 4.79 Å². The highest BCUT2D eigenvalue weighted by Gasteiger charge is 2.54. The molecule has 6 rings (SSSR count). The minimum Gasteiger partial charge on any atom is -0.427 e. The number of ether oxygens (including phenoxy) is 1. The van der Waals surface area contributed by atoms with Crippen LogP contribution in [0.2, 0.25) is 0 Å². The number of hydrogen-bond donors (Lipinski definition) is 1. The fourth-order valence-electron chi connectivity index (χ4n) is 7.98. The number of nitrogens with one attached hydrogen (secondary N) is 1. The number of pyridine rings is 1. The SMILES string of the molecule is CCCCCCCCCCCC(=O)Oc1ccc(C[C@H]2C(=O)N(Cc3cccc4cccnc34)[C@@H](C)C3N2C(=O)CN(C)N3C(=O)NCc2ccccc2)cc1. The van der Waals surface area contributed by atoms with Crippen LogP contribution in [0.15, 0.2) is 91.1 Å². The minimum atomic E-state index is -0.884. The van der Waals surface area contributed by atoms with E-state index >= 15 is 0 Å². The number of para-hydroxylation sites is 1. The molecule has 0 spiro atoms. The number of hydrazine groups is 1. The highest BCUT2D eigenvalue weighted by Crippen LogP contribution is 2.33. The molecule has 2 fully saturated rings. The van der Waals surface area contributed by atoms with E-state index in [1.165, 1.54) is 38.5 Å². The van der Waals surface area contributed by atoms with Gasteiger partial charge in [-0.15, -0.1) is 0 Å². The summed E-state index contributed by atoms with van der Waals surface area (Å²) in [6.07, 6.45) is 12.1. The van der Waals surface area contributed by atoms with Gasteiger partial charge in [-0.2, -0.15) is 0 Å². The predicted octanol–water partition coefficient (Wildman–Crippen LogP) is 7.63. The molecule has 4 amide bonds. The van der Waals surface area contributed by atoms with Crippen molar-refractivity contribution in [1.82, 2.24) is 30.1 Å². The van der Waals surface area contributed by atoms with Crippen LogP contribution in [-0.4, -0.2) is 80.5 Å². The molecule has 11 heteroatoms. The van der Waals surface area contributed by atoms with Gasteiger partial charge in [0.05, 0.1) is 18.1 Å². The number of esters is 1. The molecule has 0 saturated carbocycles. The molecule has 2 aliphatic heterocycles. The smallest absolute Gasteiger partial charge is 0.334 e. The molecule has 1 aromatic heterocycles. The molecule has 2 saturated heterocycles. The number of nitrogens with zero attached hydrogens (tertiary/aromatic N) is 5. The summed E-state index contributed by atoms with van der Waals surface area (Å²) in [5.41, 5.74) is 3.42. The average Bonchev–Trinajstić information content (AvgIpc) is 3.20. The number of fused-ring (bicyclic) bond motifs is 2. The number of unbranched alkanes of at least 4 members (excludes halogenated alkanes) is 8. The molecule has 1 unspecified atom stereocenters. The van der Waals surface area contributed by atoms with E-state index in [2.05, 4.69) is 17.2 Å². The third kappa shape index (κ3) is 9.92. The van der Waals surface area contributed by atoms with Crippen molar-refractivity contribution in [2.75, 3.05) is 13.6 Å². The number of carbonyl (C=O) groups is 4. The average molecular weight is 761 g/mol. The number of carbonyl (C=O) groups excluding carboxylic acids is 4. The molecule has 56 heavy (non-hydrogen) atoms. The lowest BCUT2D eigenvalue weighted by Gasteiger charge is -2.57. The van der Waals surface area contributed by atoms with Crippen molar-refractivity contribution in [3.05, 3.63) is 108 Å². The van der Waals surface area contributed by atoms with Crippen LogP contribution in [0.25, 0.3) is 10.9 Å². The Bertz CT molecular complexity index is 1930. The van der Waals surface area contributed by atoms with Crippen LogP contribution in [0.5, 0.6) is 5.75 Å². The third-order valence-electron chi connectivity index (χ3n) is 11.0. The summed E-state index contributed by atoms with van der Waals surface area (Å²) >= 11 is 0. The summed E-state index contributed by atoms with van der Waals surface area (Å²) in [6, 6.07) is 24.8. The number of benzene rings is 3. The lowest BCUT2D eigenvalue weighted by atomic mass is 9.94. The Morgan fingerprint density at radius 3 is 2.25 bits per heavy atom. The van der Waals surface area contributed by atoms with Gasteiger partial charge >= 0.3 is 12.0 Å². The number of aromatic nitrogens is 1. The van der Waals surface area contributed by atoms with E-state index in [4.69, 9.17) is 4.74 Å². The Morgan fingerprint density at radius 1 is 0.821 bits per heavy atom. The van der Waals surface area contributed by atoms with Gasteiger partial charge in [-0.25, -0.2) is 14.8 Å². The molecule has 3 heterocycles.